The lowest BCUT2D eigenvalue weighted by molar-refractivity contribution is -0.384. The number of nitro groups is 1. The van der Waals surface area contributed by atoms with E-state index < -0.39 is 22.1 Å². The minimum absolute atomic E-state index is 0.0349. The number of amides is 1. The maximum Gasteiger partial charge on any atom is 0.330 e. The number of anilines is 2. The molecule has 0 bridgehead atoms. The SMILES string of the molecule is COCCN(C(=O)Cn1ccc2cc([N+](=O)[O-])ccc21)c1c(N)n(CC(C)C)c(=O)[nH]c1=O. The summed E-state index contributed by atoms with van der Waals surface area (Å²) in [6, 6.07) is 6.00. The number of non-ortho nitro benzene ring substituents is 1. The van der Waals surface area contributed by atoms with Crippen molar-refractivity contribution in [1.29, 1.82) is 0 Å². The Bertz CT molecular complexity index is 1300. The van der Waals surface area contributed by atoms with Crippen LogP contribution in [0.4, 0.5) is 17.2 Å². The Balaban J connectivity index is 2.01. The van der Waals surface area contributed by atoms with Gasteiger partial charge in [0.25, 0.3) is 11.2 Å². The number of aromatic nitrogens is 3. The van der Waals surface area contributed by atoms with Crippen LogP contribution in [0.3, 0.4) is 0 Å². The topological polar surface area (TPSA) is 158 Å². The van der Waals surface area contributed by atoms with Gasteiger partial charge in [0.05, 0.1) is 11.5 Å². The largest absolute Gasteiger partial charge is 0.383 e. The number of carbonyl (C=O) groups excluding carboxylic acids is 1. The molecule has 12 heteroatoms. The van der Waals surface area contributed by atoms with E-state index in [2.05, 4.69) is 4.98 Å². The third kappa shape index (κ3) is 4.95. The van der Waals surface area contributed by atoms with Crippen LogP contribution in [0.15, 0.2) is 40.1 Å². The van der Waals surface area contributed by atoms with Gasteiger partial charge < -0.3 is 19.9 Å². The number of benzene rings is 1. The summed E-state index contributed by atoms with van der Waals surface area (Å²) in [6.45, 7) is 4.06. The van der Waals surface area contributed by atoms with Gasteiger partial charge in [0.1, 0.15) is 12.4 Å². The first-order chi connectivity index (χ1) is 15.6. The third-order valence-corrected chi connectivity index (χ3v) is 5.12. The van der Waals surface area contributed by atoms with Gasteiger partial charge in [-0.3, -0.25) is 29.3 Å². The maximum atomic E-state index is 13.3. The molecule has 0 aliphatic rings. The standard InChI is InChI=1S/C21H26N6O6/c1-13(2)11-26-19(22)18(20(29)23-21(26)30)25(8-9-33-3)17(28)12-24-7-6-14-10-15(27(31)32)4-5-16(14)24/h4-7,10,13H,8-9,11-12,22H2,1-3H3,(H,23,29,30). The van der Waals surface area contributed by atoms with E-state index in [9.17, 15) is 24.5 Å². The van der Waals surface area contributed by atoms with Gasteiger partial charge in [-0.05, 0) is 18.1 Å². The lowest BCUT2D eigenvalue weighted by Crippen LogP contribution is -2.44. The predicted molar refractivity (Wildman–Crippen MR) is 123 cm³/mol. The van der Waals surface area contributed by atoms with Gasteiger partial charge in [-0.2, -0.15) is 0 Å². The van der Waals surface area contributed by atoms with E-state index in [1.165, 1.54) is 28.7 Å². The molecule has 0 aliphatic heterocycles. The van der Waals surface area contributed by atoms with Gasteiger partial charge in [-0.15, -0.1) is 0 Å². The molecule has 0 aliphatic carbocycles. The number of ether oxygens (including phenoxy) is 1. The Morgan fingerprint density at radius 2 is 2.03 bits per heavy atom. The van der Waals surface area contributed by atoms with Crippen LogP contribution >= 0.6 is 0 Å². The Kier molecular flexibility index (Phi) is 6.97. The lowest BCUT2D eigenvalue weighted by atomic mass is 10.2. The number of nitrogens with zero attached hydrogens (tertiary/aromatic N) is 4. The first-order valence-electron chi connectivity index (χ1n) is 10.3. The Labute approximate surface area is 188 Å². The molecule has 3 aromatic rings. The fourth-order valence-electron chi connectivity index (χ4n) is 3.60. The summed E-state index contributed by atoms with van der Waals surface area (Å²) >= 11 is 0. The number of hydrogen-bond acceptors (Lipinski definition) is 7. The van der Waals surface area contributed by atoms with Crippen LogP contribution < -0.4 is 21.9 Å². The lowest BCUT2D eigenvalue weighted by Gasteiger charge is -2.25. The second-order valence-corrected chi connectivity index (χ2v) is 7.98. The molecule has 1 aromatic carbocycles. The zero-order valence-electron chi connectivity index (χ0n) is 18.6. The molecule has 0 fully saturated rings. The maximum absolute atomic E-state index is 13.3. The molecule has 33 heavy (non-hydrogen) atoms. The first-order valence-corrected chi connectivity index (χ1v) is 10.3. The number of nitrogen functional groups attached to an aromatic ring is 1. The molecular formula is C21H26N6O6. The van der Waals surface area contributed by atoms with Crippen molar-refractivity contribution in [1.82, 2.24) is 14.1 Å². The highest BCUT2D eigenvalue weighted by molar-refractivity contribution is 5.96. The van der Waals surface area contributed by atoms with Crippen LogP contribution in [0.5, 0.6) is 0 Å². The van der Waals surface area contributed by atoms with Crippen LogP contribution in [0.2, 0.25) is 0 Å². The van der Waals surface area contributed by atoms with Gasteiger partial charge in [-0.1, -0.05) is 13.8 Å². The number of H-pyrrole nitrogens is 1. The first kappa shape index (κ1) is 23.7. The number of carbonyl (C=O) groups is 1. The van der Waals surface area contributed by atoms with Gasteiger partial charge in [0, 0.05) is 49.4 Å². The van der Waals surface area contributed by atoms with E-state index >= 15 is 0 Å². The summed E-state index contributed by atoms with van der Waals surface area (Å²) < 4.78 is 7.95. The van der Waals surface area contributed by atoms with Crippen LogP contribution in [0, 0.1) is 16.0 Å². The number of rotatable bonds is 9. The summed E-state index contributed by atoms with van der Waals surface area (Å²) in [5.74, 6) is -0.494. The normalized spacial score (nSPS) is 11.3. The summed E-state index contributed by atoms with van der Waals surface area (Å²) in [5, 5.41) is 11.6. The van der Waals surface area contributed by atoms with Crippen molar-refractivity contribution in [2.75, 3.05) is 30.9 Å². The van der Waals surface area contributed by atoms with E-state index in [1.54, 1.807) is 22.9 Å². The summed E-state index contributed by atoms with van der Waals surface area (Å²) in [4.78, 5) is 52.2. The van der Waals surface area contributed by atoms with Crippen molar-refractivity contribution in [2.45, 2.75) is 26.9 Å². The third-order valence-electron chi connectivity index (χ3n) is 5.12. The molecule has 0 saturated heterocycles. The molecule has 0 radical (unpaired) electrons. The zero-order chi connectivity index (χ0) is 24.3. The molecule has 3 rings (SSSR count). The van der Waals surface area contributed by atoms with Crippen molar-refractivity contribution in [3.63, 3.8) is 0 Å². The van der Waals surface area contributed by atoms with Crippen molar-refractivity contribution < 1.29 is 14.5 Å². The molecule has 0 unspecified atom stereocenters. The number of nitrogens with one attached hydrogen (secondary N) is 1. The van der Waals surface area contributed by atoms with Crippen LogP contribution in [0.1, 0.15) is 13.8 Å². The zero-order valence-corrected chi connectivity index (χ0v) is 18.6. The highest BCUT2D eigenvalue weighted by Gasteiger charge is 2.25. The van der Waals surface area contributed by atoms with Crippen LogP contribution in [0.25, 0.3) is 10.9 Å². The predicted octanol–water partition coefficient (Wildman–Crippen LogP) is 1.32. The van der Waals surface area contributed by atoms with E-state index in [-0.39, 0.29) is 49.4 Å². The number of aromatic amines is 1. The van der Waals surface area contributed by atoms with Crippen molar-refractivity contribution in [2.24, 2.45) is 5.92 Å². The van der Waals surface area contributed by atoms with E-state index in [0.29, 0.717) is 10.9 Å². The Morgan fingerprint density at radius 3 is 2.67 bits per heavy atom. The highest BCUT2D eigenvalue weighted by Crippen LogP contribution is 2.23. The number of nitro benzene ring substituents is 1. The smallest absolute Gasteiger partial charge is 0.330 e. The van der Waals surface area contributed by atoms with E-state index in [0.717, 1.165) is 0 Å². The second-order valence-electron chi connectivity index (χ2n) is 7.98. The van der Waals surface area contributed by atoms with Gasteiger partial charge in [0.2, 0.25) is 5.91 Å². The second kappa shape index (κ2) is 9.69. The monoisotopic (exact) mass is 458 g/mol. The fourth-order valence-corrected chi connectivity index (χ4v) is 3.60. The molecule has 176 valence electrons. The molecule has 0 saturated carbocycles. The Hall–Kier alpha value is -3.93. The van der Waals surface area contributed by atoms with Gasteiger partial charge in [0.15, 0.2) is 5.69 Å². The minimum Gasteiger partial charge on any atom is -0.383 e. The number of fused-ring (bicyclic) bond motifs is 1. The summed E-state index contributed by atoms with van der Waals surface area (Å²) in [5.41, 5.74) is 5.22. The minimum atomic E-state index is -0.769. The average Bonchev–Trinajstić information content (AvgIpc) is 3.15. The van der Waals surface area contributed by atoms with Crippen molar-refractivity contribution in [3.8, 4) is 0 Å². The molecule has 1 amide bonds. The van der Waals surface area contributed by atoms with Gasteiger partial charge >= 0.3 is 5.69 Å². The summed E-state index contributed by atoms with van der Waals surface area (Å²) in [7, 11) is 1.46. The molecule has 2 heterocycles. The summed E-state index contributed by atoms with van der Waals surface area (Å²) in [6.07, 6.45) is 1.63. The molecule has 0 atom stereocenters. The quantitative estimate of drug-likeness (QED) is 0.361. The number of hydrogen-bond donors (Lipinski definition) is 2. The molecule has 2 aromatic heterocycles. The Morgan fingerprint density at radius 1 is 1.30 bits per heavy atom. The number of nitrogens with two attached hydrogens (primary N) is 1. The van der Waals surface area contributed by atoms with Crippen LogP contribution in [-0.4, -0.2) is 45.2 Å². The molecular weight excluding hydrogens is 432 g/mol. The highest BCUT2D eigenvalue weighted by atomic mass is 16.6. The van der Waals surface area contributed by atoms with E-state index in [4.69, 9.17) is 10.5 Å². The van der Waals surface area contributed by atoms with Crippen molar-refractivity contribution in [3.05, 3.63) is 61.4 Å². The van der Waals surface area contributed by atoms with Crippen molar-refractivity contribution >= 4 is 34.0 Å². The molecule has 0 spiro atoms. The van der Waals surface area contributed by atoms with Crippen LogP contribution in [-0.2, 0) is 22.6 Å². The molecule has 12 nitrogen and oxygen atoms in total. The number of methoxy groups -OCH3 is 1. The molecule has 3 N–H and O–H groups in total. The fraction of sp³-hybridized carbons (Fsp3) is 0.381. The van der Waals surface area contributed by atoms with E-state index in [1.807, 2.05) is 13.8 Å². The average molecular weight is 458 g/mol. The van der Waals surface area contributed by atoms with Gasteiger partial charge in [-0.25, -0.2) is 4.79 Å².